The van der Waals surface area contributed by atoms with E-state index in [-0.39, 0.29) is 5.41 Å². The molecule has 0 spiro atoms. The summed E-state index contributed by atoms with van der Waals surface area (Å²) in [7, 11) is 0. The SMILES string of the molecule is Cc1cc(Cl)c(C(C)C)cc1OCCCCC(C)(C)CN. The maximum atomic E-state index is 6.28. The fourth-order valence-electron chi connectivity index (χ4n) is 2.26. The van der Waals surface area contributed by atoms with Gasteiger partial charge >= 0.3 is 0 Å². The van der Waals surface area contributed by atoms with E-state index < -0.39 is 0 Å². The van der Waals surface area contributed by atoms with Gasteiger partial charge in [0.25, 0.3) is 0 Å². The Bertz CT molecular complexity index is 455. The summed E-state index contributed by atoms with van der Waals surface area (Å²) >= 11 is 6.28. The molecule has 0 saturated heterocycles. The highest BCUT2D eigenvalue weighted by Crippen LogP contribution is 2.31. The van der Waals surface area contributed by atoms with Crippen molar-refractivity contribution in [1.29, 1.82) is 0 Å². The molecule has 21 heavy (non-hydrogen) atoms. The highest BCUT2D eigenvalue weighted by molar-refractivity contribution is 6.31. The molecule has 2 nitrogen and oxygen atoms in total. The van der Waals surface area contributed by atoms with Gasteiger partial charge in [-0.2, -0.15) is 0 Å². The van der Waals surface area contributed by atoms with Crippen LogP contribution in [0.15, 0.2) is 12.1 Å². The van der Waals surface area contributed by atoms with Crippen LogP contribution in [0.4, 0.5) is 0 Å². The Balaban J connectivity index is 2.51. The average molecular weight is 312 g/mol. The number of hydrogen-bond donors (Lipinski definition) is 1. The van der Waals surface area contributed by atoms with Crippen molar-refractivity contribution in [1.82, 2.24) is 0 Å². The number of benzene rings is 1. The predicted molar refractivity (Wildman–Crippen MR) is 92.5 cm³/mol. The zero-order chi connectivity index (χ0) is 16.0. The fourth-order valence-corrected chi connectivity index (χ4v) is 2.69. The van der Waals surface area contributed by atoms with E-state index in [0.717, 1.165) is 54.3 Å². The Labute approximate surface area is 135 Å². The minimum atomic E-state index is 0.237. The van der Waals surface area contributed by atoms with E-state index >= 15 is 0 Å². The van der Waals surface area contributed by atoms with Crippen molar-refractivity contribution in [3.8, 4) is 5.75 Å². The molecule has 0 amide bonds. The molecule has 3 heteroatoms. The Hall–Kier alpha value is -0.730. The summed E-state index contributed by atoms with van der Waals surface area (Å²) in [5, 5.41) is 0.833. The van der Waals surface area contributed by atoms with Crippen LogP contribution in [0.25, 0.3) is 0 Å². The van der Waals surface area contributed by atoms with Crippen LogP contribution in [-0.4, -0.2) is 13.2 Å². The maximum absolute atomic E-state index is 6.28. The van der Waals surface area contributed by atoms with E-state index in [2.05, 4.69) is 33.8 Å². The van der Waals surface area contributed by atoms with Crippen molar-refractivity contribution in [3.05, 3.63) is 28.3 Å². The van der Waals surface area contributed by atoms with Gasteiger partial charge in [-0.05, 0) is 67.3 Å². The molecule has 0 aromatic heterocycles. The summed E-state index contributed by atoms with van der Waals surface area (Å²) in [5.74, 6) is 1.37. The molecule has 0 radical (unpaired) electrons. The second-order valence-corrected chi connectivity index (χ2v) is 7.38. The quantitative estimate of drug-likeness (QED) is 0.661. The number of unbranched alkanes of at least 4 members (excludes halogenated alkanes) is 1. The van der Waals surface area contributed by atoms with Crippen LogP contribution in [0, 0.1) is 12.3 Å². The van der Waals surface area contributed by atoms with Gasteiger partial charge in [0.2, 0.25) is 0 Å². The van der Waals surface area contributed by atoms with E-state index in [4.69, 9.17) is 22.1 Å². The first-order chi connectivity index (χ1) is 9.76. The number of nitrogens with two attached hydrogens (primary N) is 1. The Morgan fingerprint density at radius 1 is 1.24 bits per heavy atom. The molecule has 0 aliphatic rings. The van der Waals surface area contributed by atoms with E-state index in [1.165, 1.54) is 0 Å². The van der Waals surface area contributed by atoms with E-state index in [0.29, 0.717) is 5.92 Å². The van der Waals surface area contributed by atoms with Crippen LogP contribution in [0.5, 0.6) is 5.75 Å². The molecule has 0 fully saturated rings. The lowest BCUT2D eigenvalue weighted by Crippen LogP contribution is -2.23. The van der Waals surface area contributed by atoms with Crippen LogP contribution >= 0.6 is 11.6 Å². The molecule has 0 aliphatic carbocycles. The monoisotopic (exact) mass is 311 g/mol. The highest BCUT2D eigenvalue weighted by atomic mass is 35.5. The second-order valence-electron chi connectivity index (χ2n) is 6.97. The largest absolute Gasteiger partial charge is 0.493 e. The van der Waals surface area contributed by atoms with Gasteiger partial charge in [0.1, 0.15) is 5.75 Å². The van der Waals surface area contributed by atoms with Crippen molar-refractivity contribution < 1.29 is 4.74 Å². The molecule has 0 atom stereocenters. The van der Waals surface area contributed by atoms with Gasteiger partial charge in [0.15, 0.2) is 0 Å². The zero-order valence-corrected chi connectivity index (χ0v) is 14.9. The Kier molecular flexibility index (Phi) is 7.02. The fraction of sp³-hybridized carbons (Fsp3) is 0.667. The molecule has 0 unspecified atom stereocenters. The van der Waals surface area contributed by atoms with Crippen LogP contribution in [-0.2, 0) is 0 Å². The molecule has 2 N–H and O–H groups in total. The molecule has 0 aliphatic heterocycles. The van der Waals surface area contributed by atoms with E-state index in [1.807, 2.05) is 13.0 Å². The zero-order valence-electron chi connectivity index (χ0n) is 14.1. The minimum absolute atomic E-state index is 0.237. The second kappa shape index (κ2) is 8.05. The number of halogens is 1. The lowest BCUT2D eigenvalue weighted by molar-refractivity contribution is 0.277. The summed E-state index contributed by atoms with van der Waals surface area (Å²) in [6.07, 6.45) is 3.35. The minimum Gasteiger partial charge on any atom is -0.493 e. The van der Waals surface area contributed by atoms with Gasteiger partial charge in [0, 0.05) is 5.02 Å². The van der Waals surface area contributed by atoms with E-state index in [9.17, 15) is 0 Å². The number of hydrogen-bond acceptors (Lipinski definition) is 2. The van der Waals surface area contributed by atoms with Crippen molar-refractivity contribution in [2.24, 2.45) is 11.1 Å². The number of ether oxygens (including phenoxy) is 1. The van der Waals surface area contributed by atoms with Crippen LogP contribution in [0.3, 0.4) is 0 Å². The van der Waals surface area contributed by atoms with Gasteiger partial charge in [-0.25, -0.2) is 0 Å². The molecule has 0 bridgehead atoms. The van der Waals surface area contributed by atoms with Gasteiger partial charge in [-0.3, -0.25) is 0 Å². The first kappa shape index (κ1) is 18.3. The normalized spacial score (nSPS) is 12.0. The van der Waals surface area contributed by atoms with Gasteiger partial charge in [0.05, 0.1) is 6.61 Å². The molecule has 0 heterocycles. The summed E-state index contributed by atoms with van der Waals surface area (Å²) in [4.78, 5) is 0. The average Bonchev–Trinajstić information content (AvgIpc) is 2.40. The molecule has 1 rings (SSSR count). The highest BCUT2D eigenvalue weighted by Gasteiger charge is 2.14. The van der Waals surface area contributed by atoms with Crippen LogP contribution < -0.4 is 10.5 Å². The maximum Gasteiger partial charge on any atom is 0.122 e. The van der Waals surface area contributed by atoms with Gasteiger partial charge in [-0.15, -0.1) is 0 Å². The molecular formula is C18H30ClNO. The third kappa shape index (κ3) is 5.88. The van der Waals surface area contributed by atoms with Crippen molar-refractivity contribution >= 4 is 11.6 Å². The van der Waals surface area contributed by atoms with Crippen molar-refractivity contribution in [2.45, 2.75) is 59.8 Å². The molecule has 120 valence electrons. The summed E-state index contributed by atoms with van der Waals surface area (Å²) < 4.78 is 5.94. The Morgan fingerprint density at radius 3 is 2.48 bits per heavy atom. The molecular weight excluding hydrogens is 282 g/mol. The first-order valence-corrected chi connectivity index (χ1v) is 8.27. The third-order valence-corrected chi connectivity index (χ3v) is 4.30. The van der Waals surface area contributed by atoms with Crippen molar-refractivity contribution in [3.63, 3.8) is 0 Å². The standard InChI is InChI=1S/C18H30ClNO/c1-13(2)15-11-17(14(3)10-16(15)19)21-9-7-6-8-18(4,5)12-20/h10-11,13H,6-9,12,20H2,1-5H3. The van der Waals surface area contributed by atoms with Crippen LogP contribution in [0.2, 0.25) is 5.02 Å². The van der Waals surface area contributed by atoms with Gasteiger partial charge < -0.3 is 10.5 Å². The smallest absolute Gasteiger partial charge is 0.122 e. The molecule has 1 aromatic carbocycles. The summed E-state index contributed by atoms with van der Waals surface area (Å²) in [6, 6.07) is 4.09. The lowest BCUT2D eigenvalue weighted by atomic mass is 9.87. The third-order valence-electron chi connectivity index (χ3n) is 3.97. The summed E-state index contributed by atoms with van der Waals surface area (Å²) in [5.41, 5.74) is 8.24. The first-order valence-electron chi connectivity index (χ1n) is 7.90. The molecule has 1 aromatic rings. The topological polar surface area (TPSA) is 35.2 Å². The predicted octanol–water partition coefficient (Wildman–Crippen LogP) is 5.31. The van der Waals surface area contributed by atoms with E-state index in [1.54, 1.807) is 0 Å². The number of aryl methyl sites for hydroxylation is 1. The molecule has 0 saturated carbocycles. The lowest BCUT2D eigenvalue weighted by Gasteiger charge is -2.22. The number of rotatable bonds is 8. The van der Waals surface area contributed by atoms with Crippen LogP contribution in [0.1, 0.15) is 64.0 Å². The van der Waals surface area contributed by atoms with Crippen molar-refractivity contribution in [2.75, 3.05) is 13.2 Å². The van der Waals surface area contributed by atoms with Gasteiger partial charge in [-0.1, -0.05) is 39.3 Å². The Morgan fingerprint density at radius 2 is 1.90 bits per heavy atom. The summed E-state index contributed by atoms with van der Waals surface area (Å²) in [6.45, 7) is 12.3.